The van der Waals surface area contributed by atoms with Gasteiger partial charge in [-0.25, -0.2) is 4.79 Å². The maximum atomic E-state index is 11.1. The predicted octanol–water partition coefficient (Wildman–Crippen LogP) is 3.83. The molecule has 3 nitrogen and oxygen atoms in total. The van der Waals surface area contributed by atoms with Gasteiger partial charge in [0.25, 0.3) is 0 Å². The molecule has 0 unspecified atom stereocenters. The predicted molar refractivity (Wildman–Crippen MR) is 68.2 cm³/mol. The van der Waals surface area contributed by atoms with Crippen LogP contribution < -0.4 is 5.32 Å². The largest absolute Gasteiger partial charge is 0.444 e. The Morgan fingerprint density at radius 3 is 2.71 bits per heavy atom. The van der Waals surface area contributed by atoms with Gasteiger partial charge in [0, 0.05) is 5.56 Å². The van der Waals surface area contributed by atoms with E-state index in [-0.39, 0.29) is 11.5 Å². The number of benzene rings is 1. The summed E-state index contributed by atoms with van der Waals surface area (Å²) in [4.78, 5) is 11.1. The fourth-order valence-electron chi connectivity index (χ4n) is 2.16. The van der Waals surface area contributed by atoms with E-state index in [1.807, 2.05) is 6.07 Å². The van der Waals surface area contributed by atoms with Crippen molar-refractivity contribution < 1.29 is 9.53 Å². The van der Waals surface area contributed by atoms with Crippen LogP contribution in [0.1, 0.15) is 44.7 Å². The van der Waals surface area contributed by atoms with Crippen LogP contribution in [0.25, 0.3) is 0 Å². The Balaban J connectivity index is 2.37. The highest BCUT2D eigenvalue weighted by Gasteiger charge is 2.24. The average Bonchev–Trinajstić information content (AvgIpc) is 2.37. The highest BCUT2D eigenvalue weighted by molar-refractivity contribution is 5.87. The van der Waals surface area contributed by atoms with Crippen molar-refractivity contribution in [2.45, 2.75) is 45.6 Å². The van der Waals surface area contributed by atoms with E-state index in [1.54, 1.807) is 0 Å². The molecule has 1 aliphatic heterocycles. The molecular weight excluding hydrogens is 214 g/mol. The summed E-state index contributed by atoms with van der Waals surface area (Å²) in [6, 6.07) is 6.24. The Morgan fingerprint density at radius 2 is 2.06 bits per heavy atom. The first-order valence-corrected chi connectivity index (χ1v) is 6.16. The molecule has 92 valence electrons. The molecule has 1 heterocycles. The summed E-state index contributed by atoms with van der Waals surface area (Å²) in [6.45, 7) is 7.07. The monoisotopic (exact) mass is 233 g/mol. The zero-order valence-corrected chi connectivity index (χ0v) is 10.7. The Bertz CT molecular complexity index is 436. The van der Waals surface area contributed by atoms with Crippen LogP contribution >= 0.6 is 0 Å². The van der Waals surface area contributed by atoms with E-state index in [2.05, 4.69) is 38.2 Å². The van der Waals surface area contributed by atoms with E-state index in [1.165, 1.54) is 5.56 Å². The van der Waals surface area contributed by atoms with Gasteiger partial charge in [0.1, 0.15) is 6.61 Å². The molecule has 0 aliphatic carbocycles. The third-order valence-corrected chi connectivity index (χ3v) is 3.96. The number of carbonyl (C=O) groups is 1. The lowest BCUT2D eigenvalue weighted by Crippen LogP contribution is -2.23. The number of anilines is 1. The van der Waals surface area contributed by atoms with Gasteiger partial charge in [0.15, 0.2) is 0 Å². The molecular formula is C14H19NO2. The van der Waals surface area contributed by atoms with Crippen LogP contribution in [0.4, 0.5) is 10.5 Å². The number of ether oxygens (including phenoxy) is 1. The van der Waals surface area contributed by atoms with E-state index in [0.29, 0.717) is 6.61 Å². The summed E-state index contributed by atoms with van der Waals surface area (Å²) >= 11 is 0. The number of hydrogen-bond acceptors (Lipinski definition) is 2. The van der Waals surface area contributed by atoms with Crippen LogP contribution in [0.5, 0.6) is 0 Å². The third-order valence-electron chi connectivity index (χ3n) is 3.96. The highest BCUT2D eigenvalue weighted by atomic mass is 16.5. The molecule has 17 heavy (non-hydrogen) atoms. The zero-order chi connectivity index (χ0) is 12.5. The highest BCUT2D eigenvalue weighted by Crippen LogP contribution is 2.34. The van der Waals surface area contributed by atoms with Crippen molar-refractivity contribution in [1.82, 2.24) is 0 Å². The minimum atomic E-state index is -0.362. The van der Waals surface area contributed by atoms with Crippen molar-refractivity contribution in [3.63, 3.8) is 0 Å². The summed E-state index contributed by atoms with van der Waals surface area (Å²) in [7, 11) is 0. The normalized spacial score (nSPS) is 14.9. The number of nitrogens with one attached hydrogen (secondary N) is 1. The van der Waals surface area contributed by atoms with E-state index in [0.717, 1.165) is 24.1 Å². The van der Waals surface area contributed by atoms with E-state index in [4.69, 9.17) is 4.74 Å². The van der Waals surface area contributed by atoms with Gasteiger partial charge in [0.2, 0.25) is 0 Å². The van der Waals surface area contributed by atoms with Crippen LogP contribution in [0, 0.1) is 0 Å². The van der Waals surface area contributed by atoms with Crippen molar-refractivity contribution in [3.8, 4) is 0 Å². The van der Waals surface area contributed by atoms with Gasteiger partial charge in [-0.2, -0.15) is 0 Å². The minimum Gasteiger partial charge on any atom is -0.444 e. The number of cyclic esters (lactones) is 1. The van der Waals surface area contributed by atoms with Crippen LogP contribution in [-0.4, -0.2) is 6.09 Å². The molecule has 2 rings (SSSR count). The SMILES string of the molecule is CCC(C)(CC)c1ccc2c(c1)COC(=O)N2. The fourth-order valence-corrected chi connectivity index (χ4v) is 2.16. The van der Waals surface area contributed by atoms with Crippen molar-refractivity contribution in [2.24, 2.45) is 0 Å². The Hall–Kier alpha value is -1.51. The van der Waals surface area contributed by atoms with Gasteiger partial charge in [-0.05, 0) is 36.0 Å². The number of fused-ring (bicyclic) bond motifs is 1. The second-order valence-electron chi connectivity index (χ2n) is 4.84. The first kappa shape index (κ1) is 12.0. The van der Waals surface area contributed by atoms with Crippen molar-refractivity contribution >= 4 is 11.8 Å². The van der Waals surface area contributed by atoms with Gasteiger partial charge < -0.3 is 4.74 Å². The zero-order valence-electron chi connectivity index (χ0n) is 10.7. The maximum absolute atomic E-state index is 11.1. The molecule has 3 heteroatoms. The van der Waals surface area contributed by atoms with Crippen molar-refractivity contribution in [3.05, 3.63) is 29.3 Å². The van der Waals surface area contributed by atoms with Gasteiger partial charge >= 0.3 is 6.09 Å². The molecule has 1 N–H and O–H groups in total. The van der Waals surface area contributed by atoms with Crippen LogP contribution in [-0.2, 0) is 16.8 Å². The Morgan fingerprint density at radius 1 is 1.35 bits per heavy atom. The van der Waals surface area contributed by atoms with E-state index >= 15 is 0 Å². The lowest BCUT2D eigenvalue weighted by Gasteiger charge is -2.29. The van der Waals surface area contributed by atoms with Gasteiger partial charge in [-0.15, -0.1) is 0 Å². The van der Waals surface area contributed by atoms with Gasteiger partial charge in [0.05, 0.1) is 5.69 Å². The standard InChI is InChI=1S/C14H19NO2/c1-4-14(3,5-2)11-6-7-12-10(8-11)9-17-13(16)15-12/h6-8H,4-5,9H2,1-3H3,(H,15,16). The van der Waals surface area contributed by atoms with E-state index < -0.39 is 0 Å². The first-order valence-electron chi connectivity index (χ1n) is 6.16. The lowest BCUT2D eigenvalue weighted by molar-refractivity contribution is 0.151. The summed E-state index contributed by atoms with van der Waals surface area (Å²) in [5.74, 6) is 0. The minimum absolute atomic E-state index is 0.205. The Labute approximate surface area is 102 Å². The molecule has 0 aromatic heterocycles. The summed E-state index contributed by atoms with van der Waals surface area (Å²) in [5.41, 5.74) is 3.46. The Kier molecular flexibility index (Phi) is 3.09. The molecule has 0 fully saturated rings. The first-order chi connectivity index (χ1) is 8.09. The second-order valence-corrected chi connectivity index (χ2v) is 4.84. The molecule has 1 aliphatic rings. The topological polar surface area (TPSA) is 38.3 Å². The average molecular weight is 233 g/mol. The maximum Gasteiger partial charge on any atom is 0.411 e. The molecule has 1 amide bonds. The smallest absolute Gasteiger partial charge is 0.411 e. The van der Waals surface area contributed by atoms with Crippen LogP contribution in [0.15, 0.2) is 18.2 Å². The quantitative estimate of drug-likeness (QED) is 0.861. The number of amides is 1. The fraction of sp³-hybridized carbons (Fsp3) is 0.500. The van der Waals surface area contributed by atoms with Gasteiger partial charge in [-0.1, -0.05) is 26.8 Å². The molecule has 1 aromatic carbocycles. The van der Waals surface area contributed by atoms with Crippen molar-refractivity contribution in [1.29, 1.82) is 0 Å². The van der Waals surface area contributed by atoms with Crippen molar-refractivity contribution in [2.75, 3.05) is 5.32 Å². The van der Waals surface area contributed by atoms with Crippen LogP contribution in [0.3, 0.4) is 0 Å². The van der Waals surface area contributed by atoms with Crippen LogP contribution in [0.2, 0.25) is 0 Å². The molecule has 1 aromatic rings. The second kappa shape index (κ2) is 4.40. The molecule has 0 atom stereocenters. The third kappa shape index (κ3) is 2.14. The lowest BCUT2D eigenvalue weighted by atomic mass is 9.77. The molecule has 0 saturated heterocycles. The molecule has 0 bridgehead atoms. The number of rotatable bonds is 3. The molecule has 0 saturated carbocycles. The molecule has 0 radical (unpaired) electrons. The summed E-state index contributed by atoms with van der Waals surface area (Å²) in [5, 5.41) is 2.71. The molecule has 0 spiro atoms. The summed E-state index contributed by atoms with van der Waals surface area (Å²) < 4.78 is 4.99. The number of carbonyl (C=O) groups excluding carboxylic acids is 1. The summed E-state index contributed by atoms with van der Waals surface area (Å²) in [6.07, 6.45) is 1.85. The van der Waals surface area contributed by atoms with Gasteiger partial charge in [-0.3, -0.25) is 5.32 Å². The number of hydrogen-bond donors (Lipinski definition) is 1. The van der Waals surface area contributed by atoms with E-state index in [9.17, 15) is 4.79 Å².